The van der Waals surface area contributed by atoms with Crippen LogP contribution < -0.4 is 0 Å². The average Bonchev–Trinajstić information content (AvgIpc) is 2.39. The normalized spacial score (nSPS) is 13.1. The van der Waals surface area contributed by atoms with E-state index in [4.69, 9.17) is 0 Å². The molecule has 0 bridgehead atoms. The van der Waals surface area contributed by atoms with Gasteiger partial charge in [-0.1, -0.05) is 77.6 Å². The Labute approximate surface area is 126 Å². The summed E-state index contributed by atoms with van der Waals surface area (Å²) in [6.07, 6.45) is 23.8. The molecule has 0 heterocycles. The number of hydrogen-bond donors (Lipinski definition) is 0. The van der Waals surface area contributed by atoms with E-state index in [1.165, 1.54) is 83.5 Å². The highest BCUT2D eigenvalue weighted by Crippen LogP contribution is 2.14. The maximum atomic E-state index is 2.42. The Morgan fingerprint density at radius 1 is 0.632 bits per heavy atom. The van der Waals surface area contributed by atoms with Crippen molar-refractivity contribution in [2.45, 2.75) is 103 Å². The van der Waals surface area contributed by atoms with Crippen LogP contribution in [0.4, 0.5) is 0 Å². The topological polar surface area (TPSA) is 0 Å². The third-order valence-corrected chi connectivity index (χ3v) is 6.11. The summed E-state index contributed by atoms with van der Waals surface area (Å²) in [5.41, 5.74) is 0. The highest BCUT2D eigenvalue weighted by molar-refractivity contribution is 7.96. The molecule has 0 N–H and O–H groups in total. The van der Waals surface area contributed by atoms with Gasteiger partial charge in [-0.25, -0.2) is 0 Å². The van der Waals surface area contributed by atoms with Gasteiger partial charge in [-0.15, -0.1) is 0 Å². The van der Waals surface area contributed by atoms with Crippen molar-refractivity contribution in [3.8, 4) is 0 Å². The third kappa shape index (κ3) is 14.6. The van der Waals surface area contributed by atoms with Crippen molar-refractivity contribution >= 4 is 10.9 Å². The molecule has 0 aliphatic rings. The lowest BCUT2D eigenvalue weighted by Gasteiger charge is -2.07. The first-order valence-corrected chi connectivity index (χ1v) is 10.8. The van der Waals surface area contributed by atoms with Gasteiger partial charge in [0.1, 0.15) is 5.25 Å². The van der Waals surface area contributed by atoms with Gasteiger partial charge in [0.05, 0.1) is 12.5 Å². The molecule has 0 radical (unpaired) electrons. The minimum absolute atomic E-state index is 0.624. The van der Waals surface area contributed by atoms with Crippen molar-refractivity contribution in [3.63, 3.8) is 0 Å². The standard InChI is InChI=1S/C18H39S/c1-5-6-7-8-9-10-11-12-13-14-15-16-17-18(2)19(3)4/h18H,5-17H2,1-4H3/q+1. The van der Waals surface area contributed by atoms with E-state index >= 15 is 0 Å². The molecule has 0 fully saturated rings. The highest BCUT2D eigenvalue weighted by atomic mass is 32.2. The minimum atomic E-state index is 0.624. The fourth-order valence-corrected chi connectivity index (χ4v) is 3.15. The zero-order chi connectivity index (χ0) is 14.3. The molecule has 0 aromatic carbocycles. The largest absolute Gasteiger partial charge is 0.114 e. The quantitative estimate of drug-likeness (QED) is 0.258. The Hall–Kier alpha value is 0.350. The highest BCUT2D eigenvalue weighted by Gasteiger charge is 2.13. The molecule has 116 valence electrons. The van der Waals surface area contributed by atoms with Gasteiger partial charge in [-0.2, -0.15) is 0 Å². The Morgan fingerprint density at radius 2 is 1.00 bits per heavy atom. The van der Waals surface area contributed by atoms with Crippen molar-refractivity contribution in [3.05, 3.63) is 0 Å². The zero-order valence-electron chi connectivity index (χ0n) is 14.2. The summed E-state index contributed by atoms with van der Waals surface area (Å²) in [4.78, 5) is 0. The van der Waals surface area contributed by atoms with Crippen LogP contribution in [0, 0.1) is 0 Å². The molecule has 0 saturated carbocycles. The Balaban J connectivity index is 3.03. The number of unbranched alkanes of at least 4 members (excludes halogenated alkanes) is 11. The zero-order valence-corrected chi connectivity index (χ0v) is 15.0. The van der Waals surface area contributed by atoms with E-state index < -0.39 is 0 Å². The minimum Gasteiger partial charge on any atom is -0.0654 e. The monoisotopic (exact) mass is 287 g/mol. The first-order valence-electron chi connectivity index (χ1n) is 8.74. The van der Waals surface area contributed by atoms with Crippen LogP contribution in [0.3, 0.4) is 0 Å². The maximum Gasteiger partial charge on any atom is 0.114 e. The Kier molecular flexibility index (Phi) is 15.0. The molecule has 0 aliphatic carbocycles. The van der Waals surface area contributed by atoms with E-state index in [1.54, 1.807) is 0 Å². The van der Waals surface area contributed by atoms with Crippen molar-refractivity contribution in [1.29, 1.82) is 0 Å². The Morgan fingerprint density at radius 3 is 1.37 bits per heavy atom. The molecule has 0 aromatic rings. The molecular formula is C18H39S+. The van der Waals surface area contributed by atoms with Crippen LogP contribution in [-0.4, -0.2) is 17.8 Å². The molecule has 0 amide bonds. The summed E-state index contributed by atoms with van der Waals surface area (Å²) < 4.78 is 0. The number of rotatable bonds is 14. The third-order valence-electron chi connectivity index (χ3n) is 4.27. The van der Waals surface area contributed by atoms with Crippen molar-refractivity contribution in [2.75, 3.05) is 12.5 Å². The molecule has 1 unspecified atom stereocenters. The van der Waals surface area contributed by atoms with Gasteiger partial charge >= 0.3 is 0 Å². The van der Waals surface area contributed by atoms with Crippen LogP contribution in [-0.2, 0) is 10.9 Å². The maximum absolute atomic E-state index is 2.42. The molecule has 0 spiro atoms. The van der Waals surface area contributed by atoms with E-state index in [0.717, 1.165) is 5.25 Å². The predicted octanol–water partition coefficient (Wildman–Crippen LogP) is 6.34. The molecule has 1 atom stereocenters. The van der Waals surface area contributed by atoms with E-state index in [0.29, 0.717) is 10.9 Å². The van der Waals surface area contributed by atoms with Crippen LogP contribution >= 0.6 is 0 Å². The van der Waals surface area contributed by atoms with E-state index in [1.807, 2.05) is 0 Å². The predicted molar refractivity (Wildman–Crippen MR) is 94.4 cm³/mol. The second-order valence-electron chi connectivity index (χ2n) is 6.37. The Bertz CT molecular complexity index is 165. The van der Waals surface area contributed by atoms with Crippen LogP contribution in [0.2, 0.25) is 0 Å². The fraction of sp³-hybridized carbons (Fsp3) is 1.00. The summed E-state index contributed by atoms with van der Waals surface area (Å²) in [5, 5.41) is 0.947. The van der Waals surface area contributed by atoms with Crippen molar-refractivity contribution in [2.24, 2.45) is 0 Å². The average molecular weight is 288 g/mol. The van der Waals surface area contributed by atoms with E-state index in [2.05, 4.69) is 26.4 Å². The van der Waals surface area contributed by atoms with Gasteiger partial charge in [-0.05, 0) is 30.7 Å². The SMILES string of the molecule is CCCCCCCCCCCCCCC(C)[S+](C)C. The van der Waals surface area contributed by atoms with Gasteiger partial charge in [0, 0.05) is 0 Å². The van der Waals surface area contributed by atoms with Gasteiger partial charge in [0.2, 0.25) is 0 Å². The van der Waals surface area contributed by atoms with Crippen molar-refractivity contribution < 1.29 is 0 Å². The lowest BCUT2D eigenvalue weighted by atomic mass is 10.0. The molecule has 0 aliphatic heterocycles. The number of hydrogen-bond acceptors (Lipinski definition) is 0. The van der Waals surface area contributed by atoms with Gasteiger partial charge in [0.15, 0.2) is 0 Å². The van der Waals surface area contributed by atoms with Crippen LogP contribution in [0.5, 0.6) is 0 Å². The van der Waals surface area contributed by atoms with Gasteiger partial charge < -0.3 is 0 Å². The van der Waals surface area contributed by atoms with Crippen LogP contribution in [0.1, 0.15) is 97.3 Å². The summed E-state index contributed by atoms with van der Waals surface area (Å²) in [6, 6.07) is 0. The summed E-state index contributed by atoms with van der Waals surface area (Å²) in [5.74, 6) is 0. The summed E-state index contributed by atoms with van der Waals surface area (Å²) >= 11 is 0. The molecule has 0 nitrogen and oxygen atoms in total. The van der Waals surface area contributed by atoms with E-state index in [-0.39, 0.29) is 0 Å². The molecule has 0 rings (SSSR count). The molecule has 1 heteroatoms. The van der Waals surface area contributed by atoms with Crippen LogP contribution in [0.25, 0.3) is 0 Å². The summed E-state index contributed by atoms with van der Waals surface area (Å²) in [6.45, 7) is 4.71. The first kappa shape index (κ1) is 19.4. The molecule has 0 aromatic heterocycles. The van der Waals surface area contributed by atoms with Crippen molar-refractivity contribution in [1.82, 2.24) is 0 Å². The smallest absolute Gasteiger partial charge is 0.0654 e. The fourth-order valence-electron chi connectivity index (χ4n) is 2.51. The second-order valence-corrected chi connectivity index (χ2v) is 8.93. The first-order chi connectivity index (χ1) is 9.18. The summed E-state index contributed by atoms with van der Waals surface area (Å²) in [7, 11) is 0.624. The van der Waals surface area contributed by atoms with Gasteiger partial charge in [0.25, 0.3) is 0 Å². The molecule has 19 heavy (non-hydrogen) atoms. The lowest BCUT2D eigenvalue weighted by molar-refractivity contribution is 0.539. The van der Waals surface area contributed by atoms with E-state index in [9.17, 15) is 0 Å². The van der Waals surface area contributed by atoms with Crippen LogP contribution in [0.15, 0.2) is 0 Å². The molecule has 0 saturated heterocycles. The lowest BCUT2D eigenvalue weighted by Crippen LogP contribution is -2.14. The van der Waals surface area contributed by atoms with Gasteiger partial charge in [-0.3, -0.25) is 0 Å². The second kappa shape index (κ2) is 14.8. The molecular weight excluding hydrogens is 248 g/mol.